The van der Waals surface area contributed by atoms with E-state index in [4.69, 9.17) is 18.3 Å². The molecular formula is C15H35NO4Si. The Kier molecular flexibility index (Phi) is 13.7. The average Bonchev–Trinajstić information content (AvgIpc) is 2.49. The van der Waals surface area contributed by atoms with Crippen molar-refractivity contribution in [2.75, 3.05) is 60.3 Å². The van der Waals surface area contributed by atoms with E-state index in [1.807, 2.05) is 0 Å². The summed E-state index contributed by atoms with van der Waals surface area (Å²) >= 11 is 0. The third-order valence-electron chi connectivity index (χ3n) is 3.61. The van der Waals surface area contributed by atoms with Crippen LogP contribution >= 0.6 is 0 Å². The molecule has 0 N–H and O–H groups in total. The van der Waals surface area contributed by atoms with Crippen molar-refractivity contribution >= 4 is 8.56 Å². The quantitative estimate of drug-likeness (QED) is 0.433. The van der Waals surface area contributed by atoms with Crippen LogP contribution in [0.5, 0.6) is 0 Å². The number of rotatable bonds is 15. The van der Waals surface area contributed by atoms with Crippen LogP contribution in [0.1, 0.15) is 27.2 Å². The minimum absolute atomic E-state index is 0.747. The summed E-state index contributed by atoms with van der Waals surface area (Å²) in [6.45, 7) is 12.3. The van der Waals surface area contributed by atoms with E-state index in [2.05, 4.69) is 25.7 Å². The molecule has 0 spiro atoms. The van der Waals surface area contributed by atoms with Gasteiger partial charge >= 0.3 is 8.56 Å². The van der Waals surface area contributed by atoms with E-state index in [1.54, 1.807) is 14.2 Å². The fourth-order valence-corrected chi connectivity index (χ4v) is 5.32. The lowest BCUT2D eigenvalue weighted by Crippen LogP contribution is -2.42. The van der Waals surface area contributed by atoms with Crippen molar-refractivity contribution in [3.05, 3.63) is 0 Å². The molecule has 0 aromatic carbocycles. The zero-order valence-electron chi connectivity index (χ0n) is 14.7. The maximum atomic E-state index is 6.01. The Morgan fingerprint density at radius 2 is 1.33 bits per heavy atom. The fourth-order valence-electron chi connectivity index (χ4n) is 2.44. The Hall–Kier alpha value is 0.0169. The summed E-state index contributed by atoms with van der Waals surface area (Å²) in [6.07, 6.45) is 1.10. The molecule has 0 saturated carbocycles. The standard InChI is InChI=1S/C15H35NO4Si/c1-6-19-21(8-3,20-7-2)15-9-10-16(11-13-17-4)12-14-18-5/h6-15H2,1-5H3. The van der Waals surface area contributed by atoms with Crippen LogP contribution in [0, 0.1) is 0 Å². The third kappa shape index (κ3) is 9.60. The molecule has 0 heterocycles. The SMILES string of the molecule is CCO[Si](CC)(CCCN(CCOC)CCOC)OCC. The molecule has 0 atom stereocenters. The van der Waals surface area contributed by atoms with E-state index in [1.165, 1.54) is 0 Å². The van der Waals surface area contributed by atoms with Crippen LogP contribution < -0.4 is 0 Å². The van der Waals surface area contributed by atoms with Crippen molar-refractivity contribution in [3.8, 4) is 0 Å². The molecule has 0 aromatic rings. The smallest absolute Gasteiger partial charge is 0.337 e. The summed E-state index contributed by atoms with van der Waals surface area (Å²) in [7, 11) is 1.50. The predicted octanol–water partition coefficient (Wildman–Crippen LogP) is 2.51. The molecule has 0 aliphatic rings. The molecule has 0 amide bonds. The highest BCUT2D eigenvalue weighted by molar-refractivity contribution is 6.67. The molecule has 0 saturated heterocycles. The number of nitrogens with zero attached hydrogens (tertiary/aromatic N) is 1. The van der Waals surface area contributed by atoms with Gasteiger partial charge < -0.3 is 18.3 Å². The second-order valence-corrected chi connectivity index (χ2v) is 8.67. The first-order chi connectivity index (χ1) is 10.2. The van der Waals surface area contributed by atoms with Gasteiger partial charge in [0, 0.05) is 40.5 Å². The lowest BCUT2D eigenvalue weighted by molar-refractivity contribution is 0.113. The highest BCUT2D eigenvalue weighted by Gasteiger charge is 2.34. The molecule has 0 aliphatic heterocycles. The topological polar surface area (TPSA) is 40.2 Å². The first-order valence-electron chi connectivity index (χ1n) is 8.16. The highest BCUT2D eigenvalue weighted by Crippen LogP contribution is 2.21. The van der Waals surface area contributed by atoms with Crippen molar-refractivity contribution in [1.29, 1.82) is 0 Å². The van der Waals surface area contributed by atoms with E-state index >= 15 is 0 Å². The van der Waals surface area contributed by atoms with E-state index in [0.29, 0.717) is 0 Å². The normalized spacial score (nSPS) is 12.3. The summed E-state index contributed by atoms with van der Waals surface area (Å²) < 4.78 is 22.4. The fraction of sp³-hybridized carbons (Fsp3) is 1.00. The highest BCUT2D eigenvalue weighted by atomic mass is 28.4. The molecule has 5 nitrogen and oxygen atoms in total. The van der Waals surface area contributed by atoms with E-state index in [-0.39, 0.29) is 0 Å². The van der Waals surface area contributed by atoms with Gasteiger partial charge in [-0.3, -0.25) is 4.90 Å². The van der Waals surface area contributed by atoms with Gasteiger partial charge in [0.1, 0.15) is 0 Å². The van der Waals surface area contributed by atoms with Crippen LogP contribution in [0.15, 0.2) is 0 Å². The van der Waals surface area contributed by atoms with Gasteiger partial charge in [-0.25, -0.2) is 0 Å². The molecule has 0 unspecified atom stereocenters. The predicted molar refractivity (Wildman–Crippen MR) is 89.1 cm³/mol. The molecule has 0 rings (SSSR count). The van der Waals surface area contributed by atoms with Gasteiger partial charge in [-0.15, -0.1) is 0 Å². The average molecular weight is 322 g/mol. The van der Waals surface area contributed by atoms with Crippen LogP contribution in [0.2, 0.25) is 12.1 Å². The molecule has 0 radical (unpaired) electrons. The van der Waals surface area contributed by atoms with Gasteiger partial charge in [0.15, 0.2) is 0 Å². The monoisotopic (exact) mass is 321 g/mol. The molecule has 0 aliphatic carbocycles. The van der Waals surface area contributed by atoms with Crippen LogP contribution in [0.4, 0.5) is 0 Å². The van der Waals surface area contributed by atoms with Crippen molar-refractivity contribution < 1.29 is 18.3 Å². The number of ether oxygens (including phenoxy) is 2. The van der Waals surface area contributed by atoms with Gasteiger partial charge in [-0.2, -0.15) is 0 Å². The maximum absolute atomic E-state index is 6.01. The zero-order chi connectivity index (χ0) is 16.0. The summed E-state index contributed by atoms with van der Waals surface area (Å²) in [4.78, 5) is 2.39. The Morgan fingerprint density at radius 3 is 1.71 bits per heavy atom. The van der Waals surface area contributed by atoms with Crippen molar-refractivity contribution in [2.45, 2.75) is 39.3 Å². The Balaban J connectivity index is 4.27. The minimum Gasteiger partial charge on any atom is -0.394 e. The van der Waals surface area contributed by atoms with Gasteiger partial charge in [-0.05, 0) is 38.9 Å². The molecular weight excluding hydrogens is 286 g/mol. The molecule has 0 aromatic heterocycles. The molecule has 21 heavy (non-hydrogen) atoms. The Labute approximate surface area is 132 Å². The first kappa shape index (κ1) is 21.0. The zero-order valence-corrected chi connectivity index (χ0v) is 15.7. The second-order valence-electron chi connectivity index (χ2n) is 5.06. The van der Waals surface area contributed by atoms with Gasteiger partial charge in [-0.1, -0.05) is 6.92 Å². The van der Waals surface area contributed by atoms with Crippen LogP contribution in [0.3, 0.4) is 0 Å². The third-order valence-corrected chi connectivity index (χ3v) is 7.43. The van der Waals surface area contributed by atoms with E-state index < -0.39 is 8.56 Å². The lowest BCUT2D eigenvalue weighted by atomic mass is 10.4. The largest absolute Gasteiger partial charge is 0.394 e. The van der Waals surface area contributed by atoms with Crippen molar-refractivity contribution in [1.82, 2.24) is 4.90 Å². The lowest BCUT2D eigenvalue weighted by Gasteiger charge is -2.30. The van der Waals surface area contributed by atoms with E-state index in [9.17, 15) is 0 Å². The van der Waals surface area contributed by atoms with Crippen LogP contribution in [0.25, 0.3) is 0 Å². The number of methoxy groups -OCH3 is 2. The van der Waals surface area contributed by atoms with E-state index in [0.717, 1.165) is 64.6 Å². The van der Waals surface area contributed by atoms with Crippen LogP contribution in [-0.4, -0.2) is 73.7 Å². The molecule has 128 valence electrons. The van der Waals surface area contributed by atoms with Gasteiger partial charge in [0.2, 0.25) is 0 Å². The first-order valence-corrected chi connectivity index (χ1v) is 10.4. The van der Waals surface area contributed by atoms with Crippen molar-refractivity contribution in [2.24, 2.45) is 0 Å². The Bertz CT molecular complexity index is 218. The summed E-state index contributed by atoms with van der Waals surface area (Å²) in [5, 5.41) is 0. The number of hydrogen-bond donors (Lipinski definition) is 0. The molecule has 0 fully saturated rings. The summed E-state index contributed by atoms with van der Waals surface area (Å²) in [5.74, 6) is 0. The van der Waals surface area contributed by atoms with Crippen LogP contribution in [-0.2, 0) is 18.3 Å². The van der Waals surface area contributed by atoms with Gasteiger partial charge in [0.25, 0.3) is 0 Å². The maximum Gasteiger partial charge on any atom is 0.337 e. The number of hydrogen-bond acceptors (Lipinski definition) is 5. The summed E-state index contributed by atoms with van der Waals surface area (Å²) in [6, 6.07) is 2.08. The van der Waals surface area contributed by atoms with Crippen molar-refractivity contribution in [3.63, 3.8) is 0 Å². The Morgan fingerprint density at radius 1 is 0.810 bits per heavy atom. The summed E-state index contributed by atoms with van der Waals surface area (Å²) in [5.41, 5.74) is 0. The second kappa shape index (κ2) is 13.7. The molecule has 0 bridgehead atoms. The molecule has 6 heteroatoms. The van der Waals surface area contributed by atoms with Gasteiger partial charge in [0.05, 0.1) is 13.2 Å². The minimum atomic E-state index is -1.99.